The van der Waals surface area contributed by atoms with Crippen molar-refractivity contribution in [3.63, 3.8) is 0 Å². The van der Waals surface area contributed by atoms with E-state index in [4.69, 9.17) is 14.2 Å². The fourth-order valence-electron chi connectivity index (χ4n) is 3.84. The molecule has 0 unspecified atom stereocenters. The van der Waals surface area contributed by atoms with Crippen molar-refractivity contribution in [1.82, 2.24) is 4.57 Å². The molecule has 1 N–H and O–H groups in total. The summed E-state index contributed by atoms with van der Waals surface area (Å²) in [4.78, 5) is 29.8. The molecule has 202 valence electrons. The van der Waals surface area contributed by atoms with E-state index in [1.807, 2.05) is 0 Å². The number of hydrogen-bond donors (Lipinski definition) is 1. The second kappa shape index (κ2) is 10.9. The van der Waals surface area contributed by atoms with E-state index in [2.05, 4.69) is 9.71 Å². The number of carbonyl (C=O) groups excluding carboxylic acids is 2. The van der Waals surface area contributed by atoms with E-state index in [9.17, 15) is 22.4 Å². The Balaban J connectivity index is 1.44. The zero-order valence-corrected chi connectivity index (χ0v) is 22.2. The summed E-state index contributed by atoms with van der Waals surface area (Å²) < 4.78 is 59.4. The van der Waals surface area contributed by atoms with Crippen LogP contribution in [0.3, 0.4) is 0 Å². The summed E-state index contributed by atoms with van der Waals surface area (Å²) in [5.74, 6) is -0.539. The van der Waals surface area contributed by atoms with E-state index in [1.165, 1.54) is 35.6 Å². The molecule has 1 aliphatic rings. The zero-order valence-electron chi connectivity index (χ0n) is 20.5. The number of hydrogen-bond acceptors (Lipinski definition) is 8. The predicted octanol–water partition coefficient (Wildman–Crippen LogP) is 3.72. The van der Waals surface area contributed by atoms with E-state index < -0.39 is 27.7 Å². The summed E-state index contributed by atoms with van der Waals surface area (Å²) in [7, 11) is -3.95. The van der Waals surface area contributed by atoms with Gasteiger partial charge in [0, 0.05) is 23.4 Å². The van der Waals surface area contributed by atoms with Crippen LogP contribution in [0.5, 0.6) is 11.5 Å². The van der Waals surface area contributed by atoms with Gasteiger partial charge in [-0.2, -0.15) is 4.99 Å². The normalized spacial score (nSPS) is 13.3. The van der Waals surface area contributed by atoms with Crippen LogP contribution in [0.1, 0.15) is 17.3 Å². The van der Waals surface area contributed by atoms with Crippen molar-refractivity contribution < 1.29 is 36.6 Å². The fourth-order valence-corrected chi connectivity index (χ4v) is 5.94. The molecule has 0 bridgehead atoms. The van der Waals surface area contributed by atoms with Gasteiger partial charge in [0.05, 0.1) is 21.7 Å². The number of sulfonamides is 1. The molecule has 0 aliphatic carbocycles. The smallest absolute Gasteiger partial charge is 0.326 e. The molecule has 0 saturated carbocycles. The van der Waals surface area contributed by atoms with Gasteiger partial charge in [0.15, 0.2) is 16.3 Å². The zero-order chi connectivity index (χ0) is 27.6. The lowest BCUT2D eigenvalue weighted by Gasteiger charge is -2.18. The van der Waals surface area contributed by atoms with Crippen LogP contribution in [0.4, 0.5) is 10.1 Å². The van der Waals surface area contributed by atoms with Crippen molar-refractivity contribution in [2.75, 3.05) is 24.5 Å². The highest BCUT2D eigenvalue weighted by Crippen LogP contribution is 2.35. The molecule has 0 radical (unpaired) electrons. The van der Waals surface area contributed by atoms with Crippen molar-refractivity contribution in [2.45, 2.75) is 18.4 Å². The molecule has 0 fully saturated rings. The first kappa shape index (κ1) is 26.4. The van der Waals surface area contributed by atoms with Crippen molar-refractivity contribution in [3.8, 4) is 11.5 Å². The molecule has 3 aromatic carbocycles. The number of esters is 1. The summed E-state index contributed by atoms with van der Waals surface area (Å²) in [6.07, 6.45) is 0. The average molecular weight is 572 g/mol. The molecule has 39 heavy (non-hydrogen) atoms. The number of aromatic nitrogens is 1. The first-order chi connectivity index (χ1) is 18.7. The number of halogens is 1. The number of anilines is 1. The summed E-state index contributed by atoms with van der Waals surface area (Å²) in [5, 5.41) is 0. The SMILES string of the molecule is CCOC(=O)Cn1c(=NC(=O)c2ccc(NS(=O)(=O)c3ccc(F)cc3)cc2)sc2cc3c(cc21)OCCO3. The van der Waals surface area contributed by atoms with E-state index >= 15 is 0 Å². The quantitative estimate of drug-likeness (QED) is 0.335. The number of amides is 1. The van der Waals surface area contributed by atoms with Gasteiger partial charge in [0.2, 0.25) is 0 Å². The maximum absolute atomic E-state index is 13.1. The van der Waals surface area contributed by atoms with Crippen molar-refractivity contribution in [2.24, 2.45) is 4.99 Å². The minimum absolute atomic E-state index is 0.104. The molecule has 1 aliphatic heterocycles. The van der Waals surface area contributed by atoms with Crippen LogP contribution in [0, 0.1) is 5.82 Å². The van der Waals surface area contributed by atoms with Crippen LogP contribution in [-0.2, 0) is 26.1 Å². The molecule has 13 heteroatoms. The molecule has 0 spiro atoms. The number of ether oxygens (including phenoxy) is 3. The van der Waals surface area contributed by atoms with E-state index in [0.29, 0.717) is 30.2 Å². The Kier molecular flexibility index (Phi) is 7.35. The number of fused-ring (bicyclic) bond motifs is 2. The molecule has 1 aromatic heterocycles. The monoisotopic (exact) mass is 571 g/mol. The van der Waals surface area contributed by atoms with Crippen LogP contribution >= 0.6 is 11.3 Å². The molecular formula is C26H22FN3O7S2. The Bertz CT molecular complexity index is 1730. The molecule has 10 nitrogen and oxygen atoms in total. The summed E-state index contributed by atoms with van der Waals surface area (Å²) in [5.41, 5.74) is 1.04. The number of nitrogens with one attached hydrogen (secondary N) is 1. The molecular weight excluding hydrogens is 549 g/mol. The van der Waals surface area contributed by atoms with Gasteiger partial charge in [-0.15, -0.1) is 0 Å². The molecule has 1 amide bonds. The third-order valence-electron chi connectivity index (χ3n) is 5.64. The number of benzene rings is 3. The Morgan fingerprint density at radius 1 is 1.05 bits per heavy atom. The fraction of sp³-hybridized carbons (Fsp3) is 0.192. The van der Waals surface area contributed by atoms with E-state index in [0.717, 1.165) is 29.0 Å². The maximum Gasteiger partial charge on any atom is 0.326 e. The first-order valence-corrected chi connectivity index (χ1v) is 14.1. The highest BCUT2D eigenvalue weighted by atomic mass is 32.2. The largest absolute Gasteiger partial charge is 0.486 e. The van der Waals surface area contributed by atoms with Crippen LogP contribution in [0.25, 0.3) is 10.2 Å². The van der Waals surface area contributed by atoms with Gasteiger partial charge in [0.25, 0.3) is 15.9 Å². The third kappa shape index (κ3) is 5.78. The average Bonchev–Trinajstić information content (AvgIpc) is 3.23. The van der Waals surface area contributed by atoms with Gasteiger partial charge >= 0.3 is 5.97 Å². The van der Waals surface area contributed by atoms with Crippen molar-refractivity contribution in [1.29, 1.82) is 0 Å². The van der Waals surface area contributed by atoms with E-state index in [1.54, 1.807) is 23.6 Å². The number of thiazole rings is 1. The minimum atomic E-state index is -3.95. The maximum atomic E-state index is 13.1. The van der Waals surface area contributed by atoms with Gasteiger partial charge < -0.3 is 18.8 Å². The lowest BCUT2D eigenvalue weighted by molar-refractivity contribution is -0.143. The van der Waals surface area contributed by atoms with Gasteiger partial charge in [-0.05, 0) is 55.5 Å². The molecule has 4 aromatic rings. The Morgan fingerprint density at radius 3 is 2.38 bits per heavy atom. The molecule has 0 atom stereocenters. The Morgan fingerprint density at radius 2 is 1.72 bits per heavy atom. The Hall–Kier alpha value is -4.23. The highest BCUT2D eigenvalue weighted by Gasteiger charge is 2.19. The number of nitrogens with zero attached hydrogens (tertiary/aromatic N) is 2. The van der Waals surface area contributed by atoms with Gasteiger partial charge in [-0.25, -0.2) is 12.8 Å². The minimum Gasteiger partial charge on any atom is -0.486 e. The standard InChI is InChI=1S/C26H22FN3O7S2/c1-2-35-24(31)15-30-20-13-21-22(37-12-11-36-21)14-23(20)38-26(30)28-25(32)16-3-7-18(8-4-16)29-39(33,34)19-9-5-17(27)6-10-19/h3-10,13-14,29H,2,11-12,15H2,1H3. The van der Waals surface area contributed by atoms with Crippen LogP contribution in [0.2, 0.25) is 0 Å². The third-order valence-corrected chi connectivity index (χ3v) is 8.08. The summed E-state index contributed by atoms with van der Waals surface area (Å²) in [6.45, 7) is 2.55. The molecule has 2 heterocycles. The molecule has 5 rings (SSSR count). The van der Waals surface area contributed by atoms with Gasteiger partial charge in [-0.3, -0.25) is 14.3 Å². The molecule has 0 saturated heterocycles. The van der Waals surface area contributed by atoms with Crippen LogP contribution in [0.15, 0.2) is 70.6 Å². The van der Waals surface area contributed by atoms with Crippen molar-refractivity contribution >= 4 is 49.1 Å². The van der Waals surface area contributed by atoms with Crippen LogP contribution < -0.4 is 19.0 Å². The van der Waals surface area contributed by atoms with Crippen molar-refractivity contribution in [3.05, 3.63) is 76.8 Å². The van der Waals surface area contributed by atoms with Gasteiger partial charge in [-0.1, -0.05) is 11.3 Å². The second-order valence-electron chi connectivity index (χ2n) is 8.29. The number of carbonyl (C=O) groups is 2. The summed E-state index contributed by atoms with van der Waals surface area (Å²) >= 11 is 1.20. The lowest BCUT2D eigenvalue weighted by Crippen LogP contribution is -2.23. The van der Waals surface area contributed by atoms with E-state index in [-0.39, 0.29) is 34.1 Å². The summed E-state index contributed by atoms with van der Waals surface area (Å²) in [6, 6.07) is 13.6. The van der Waals surface area contributed by atoms with Gasteiger partial charge in [0.1, 0.15) is 25.6 Å². The second-order valence-corrected chi connectivity index (χ2v) is 11.0. The number of rotatable bonds is 7. The lowest BCUT2D eigenvalue weighted by atomic mass is 10.2. The first-order valence-electron chi connectivity index (χ1n) is 11.8. The topological polar surface area (TPSA) is 125 Å². The van der Waals surface area contributed by atoms with Crippen LogP contribution in [-0.4, -0.2) is 44.7 Å². The Labute approximate surface area is 226 Å². The highest BCUT2D eigenvalue weighted by molar-refractivity contribution is 7.92. The predicted molar refractivity (Wildman–Crippen MR) is 141 cm³/mol.